The monoisotopic (exact) mass is 252 g/mol. The van der Waals surface area contributed by atoms with Gasteiger partial charge in [0, 0.05) is 13.8 Å². The zero-order valence-corrected chi connectivity index (χ0v) is 9.69. The number of ether oxygens (including phenoxy) is 2. The normalized spacial score (nSPS) is 13.8. The van der Waals surface area contributed by atoms with Crippen molar-refractivity contribution in [2.45, 2.75) is 26.1 Å². The lowest BCUT2D eigenvalue weighted by atomic mass is 10.1. The third-order valence-electron chi connectivity index (χ3n) is 1.55. The average Bonchev–Trinajstić information content (AvgIpc) is 2.21. The number of hydrogen-bond donors (Lipinski definition) is 1. The number of carbonyl (C=O) groups excluding carboxylic acids is 3. The lowest BCUT2D eigenvalue weighted by molar-refractivity contribution is -0.164. The third kappa shape index (κ3) is 5.67. The van der Waals surface area contributed by atoms with Crippen LogP contribution in [0.1, 0.15) is 13.8 Å². The summed E-state index contributed by atoms with van der Waals surface area (Å²) in [6.07, 6.45) is -2.83. The molecule has 0 aromatic rings. The van der Waals surface area contributed by atoms with E-state index in [9.17, 15) is 19.5 Å². The van der Waals surface area contributed by atoms with Gasteiger partial charge in [-0.3, -0.25) is 14.4 Å². The molecule has 2 unspecified atom stereocenters. The number of Topliss-reactive ketones (excluding diaryl/α,β-unsaturated/α-hetero) is 1. The maximum absolute atomic E-state index is 11.2. The summed E-state index contributed by atoms with van der Waals surface area (Å²) in [6.45, 7) is 1.81. The number of rotatable bonds is 6. The summed E-state index contributed by atoms with van der Waals surface area (Å²) in [5.74, 6) is -2.41. The van der Waals surface area contributed by atoms with Crippen molar-refractivity contribution in [1.29, 1.82) is 0 Å². The first-order valence-corrected chi connectivity index (χ1v) is 4.99. The molecular formula is C9H13ClO6. The Morgan fingerprint density at radius 1 is 1.25 bits per heavy atom. The fraction of sp³-hybridized carbons (Fsp3) is 0.667. The van der Waals surface area contributed by atoms with Gasteiger partial charge in [0.15, 0.2) is 11.9 Å². The lowest BCUT2D eigenvalue weighted by Gasteiger charge is -2.20. The largest absolute Gasteiger partial charge is 0.463 e. The predicted octanol–water partition coefficient (Wildman–Crippen LogP) is -0.350. The maximum Gasteiger partial charge on any atom is 0.303 e. The van der Waals surface area contributed by atoms with Crippen LogP contribution in [0, 0.1) is 0 Å². The van der Waals surface area contributed by atoms with Crippen molar-refractivity contribution in [2.24, 2.45) is 0 Å². The highest BCUT2D eigenvalue weighted by molar-refractivity contribution is 6.28. The molecule has 0 aliphatic heterocycles. The Bertz CT molecular complexity index is 277. The molecule has 92 valence electrons. The van der Waals surface area contributed by atoms with Crippen LogP contribution in [0.15, 0.2) is 0 Å². The van der Waals surface area contributed by atoms with E-state index in [1.54, 1.807) is 0 Å². The molecule has 1 N–H and O–H groups in total. The standard InChI is InChI=1S/C9H13ClO6/c1-5(11)15-4-8(14)9(7(13)3-10)16-6(2)12/h8-9,14H,3-4H2,1-2H3. The van der Waals surface area contributed by atoms with Crippen LogP contribution >= 0.6 is 11.6 Å². The van der Waals surface area contributed by atoms with Gasteiger partial charge in [-0.25, -0.2) is 0 Å². The molecule has 6 nitrogen and oxygen atoms in total. The molecule has 0 amide bonds. The van der Waals surface area contributed by atoms with Gasteiger partial charge in [-0.05, 0) is 0 Å². The SMILES string of the molecule is CC(=O)OCC(O)C(OC(C)=O)C(=O)CCl. The number of carbonyl (C=O) groups is 3. The Morgan fingerprint density at radius 3 is 2.19 bits per heavy atom. The third-order valence-corrected chi connectivity index (χ3v) is 1.81. The Kier molecular flexibility index (Phi) is 6.67. The summed E-state index contributed by atoms with van der Waals surface area (Å²) in [5, 5.41) is 9.47. The van der Waals surface area contributed by atoms with E-state index in [1.807, 2.05) is 0 Å². The van der Waals surface area contributed by atoms with Crippen molar-refractivity contribution < 1.29 is 29.0 Å². The minimum atomic E-state index is -1.42. The molecule has 0 fully saturated rings. The molecule has 0 spiro atoms. The number of halogens is 1. The van der Waals surface area contributed by atoms with E-state index in [1.165, 1.54) is 0 Å². The van der Waals surface area contributed by atoms with Gasteiger partial charge in [0.25, 0.3) is 0 Å². The fourth-order valence-electron chi connectivity index (χ4n) is 0.904. The predicted molar refractivity (Wildman–Crippen MR) is 53.9 cm³/mol. The number of alkyl halides is 1. The minimum absolute atomic E-state index is 0.408. The van der Waals surface area contributed by atoms with E-state index < -0.39 is 42.4 Å². The first kappa shape index (κ1) is 14.9. The second-order valence-corrected chi connectivity index (χ2v) is 3.27. The first-order valence-electron chi connectivity index (χ1n) is 4.45. The van der Waals surface area contributed by atoms with Crippen molar-refractivity contribution in [3.05, 3.63) is 0 Å². The number of aliphatic hydroxyl groups is 1. The molecule has 0 radical (unpaired) electrons. The van der Waals surface area contributed by atoms with Gasteiger partial charge in [-0.2, -0.15) is 0 Å². The van der Waals surface area contributed by atoms with E-state index in [-0.39, 0.29) is 0 Å². The Morgan fingerprint density at radius 2 is 1.81 bits per heavy atom. The number of ketones is 1. The molecule has 16 heavy (non-hydrogen) atoms. The smallest absolute Gasteiger partial charge is 0.303 e. The molecule has 0 saturated heterocycles. The van der Waals surface area contributed by atoms with Crippen molar-refractivity contribution in [3.63, 3.8) is 0 Å². The summed E-state index contributed by atoms with van der Waals surface area (Å²) in [6, 6.07) is 0. The second kappa shape index (κ2) is 7.19. The quantitative estimate of drug-likeness (QED) is 0.513. The summed E-state index contributed by atoms with van der Waals surface area (Å²) in [5.41, 5.74) is 0. The second-order valence-electron chi connectivity index (χ2n) is 3.00. The number of hydrogen-bond acceptors (Lipinski definition) is 6. The molecule has 0 saturated carbocycles. The van der Waals surface area contributed by atoms with Gasteiger partial charge in [0.05, 0.1) is 5.88 Å². The van der Waals surface area contributed by atoms with Crippen LogP contribution in [0.25, 0.3) is 0 Å². The van der Waals surface area contributed by atoms with Crippen LogP contribution in [0.5, 0.6) is 0 Å². The molecule has 2 atom stereocenters. The molecule has 0 bridgehead atoms. The van der Waals surface area contributed by atoms with Crippen LogP contribution in [0.2, 0.25) is 0 Å². The van der Waals surface area contributed by atoms with Gasteiger partial charge in [-0.1, -0.05) is 0 Å². The first-order chi connectivity index (χ1) is 7.38. The fourth-order valence-corrected chi connectivity index (χ4v) is 1.06. The van der Waals surface area contributed by atoms with Crippen LogP contribution < -0.4 is 0 Å². The summed E-state index contributed by atoms with van der Waals surface area (Å²) in [4.78, 5) is 32.4. The van der Waals surface area contributed by atoms with E-state index in [0.717, 1.165) is 13.8 Å². The van der Waals surface area contributed by atoms with Gasteiger partial charge in [0.1, 0.15) is 12.7 Å². The Hall–Kier alpha value is -1.14. The summed E-state index contributed by atoms with van der Waals surface area (Å²) < 4.78 is 9.07. The van der Waals surface area contributed by atoms with Gasteiger partial charge < -0.3 is 14.6 Å². The van der Waals surface area contributed by atoms with E-state index in [2.05, 4.69) is 9.47 Å². The van der Waals surface area contributed by atoms with Crippen molar-refractivity contribution >= 4 is 29.3 Å². The van der Waals surface area contributed by atoms with Crippen molar-refractivity contribution in [1.82, 2.24) is 0 Å². The molecule has 0 aliphatic rings. The Balaban J connectivity index is 4.42. The highest BCUT2D eigenvalue weighted by Gasteiger charge is 2.29. The lowest BCUT2D eigenvalue weighted by Crippen LogP contribution is -2.41. The molecule has 0 rings (SSSR count). The highest BCUT2D eigenvalue weighted by atomic mass is 35.5. The minimum Gasteiger partial charge on any atom is -0.463 e. The Labute approximate surface area is 97.5 Å². The van der Waals surface area contributed by atoms with Gasteiger partial charge in [0.2, 0.25) is 0 Å². The van der Waals surface area contributed by atoms with E-state index in [4.69, 9.17) is 11.6 Å². The van der Waals surface area contributed by atoms with Crippen LogP contribution in [-0.4, -0.2) is 47.5 Å². The highest BCUT2D eigenvalue weighted by Crippen LogP contribution is 2.05. The molecule has 0 aromatic carbocycles. The van der Waals surface area contributed by atoms with Gasteiger partial charge in [-0.15, -0.1) is 11.6 Å². The number of esters is 2. The van der Waals surface area contributed by atoms with E-state index in [0.29, 0.717) is 0 Å². The molecule has 0 aromatic heterocycles. The van der Waals surface area contributed by atoms with Crippen LogP contribution in [0.4, 0.5) is 0 Å². The van der Waals surface area contributed by atoms with Crippen molar-refractivity contribution in [3.8, 4) is 0 Å². The zero-order chi connectivity index (χ0) is 12.7. The summed E-state index contributed by atoms with van der Waals surface area (Å²) in [7, 11) is 0. The molecule has 0 aliphatic carbocycles. The summed E-state index contributed by atoms with van der Waals surface area (Å²) >= 11 is 5.28. The number of aliphatic hydroxyl groups excluding tert-OH is 1. The van der Waals surface area contributed by atoms with E-state index >= 15 is 0 Å². The molecular weight excluding hydrogens is 240 g/mol. The average molecular weight is 253 g/mol. The van der Waals surface area contributed by atoms with Gasteiger partial charge >= 0.3 is 11.9 Å². The van der Waals surface area contributed by atoms with Crippen LogP contribution in [-0.2, 0) is 23.9 Å². The van der Waals surface area contributed by atoms with Crippen LogP contribution in [0.3, 0.4) is 0 Å². The molecule has 7 heteroatoms. The zero-order valence-electron chi connectivity index (χ0n) is 8.94. The topological polar surface area (TPSA) is 89.9 Å². The molecule has 0 heterocycles. The maximum atomic E-state index is 11.2. The van der Waals surface area contributed by atoms with Crippen molar-refractivity contribution in [2.75, 3.05) is 12.5 Å².